The van der Waals surface area contributed by atoms with Crippen LogP contribution in [0.3, 0.4) is 0 Å². The van der Waals surface area contributed by atoms with E-state index in [2.05, 4.69) is 15.3 Å². The average Bonchev–Trinajstić information content (AvgIpc) is 2.49. The molecule has 0 radical (unpaired) electrons. The van der Waals surface area contributed by atoms with Crippen LogP contribution in [-0.4, -0.2) is 14.9 Å². The number of para-hydroxylation sites is 1. The van der Waals surface area contributed by atoms with E-state index in [1.807, 2.05) is 0 Å². The van der Waals surface area contributed by atoms with Gasteiger partial charge in [-0.15, -0.1) is 0 Å². The molecule has 0 atom stereocenters. The van der Waals surface area contributed by atoms with Gasteiger partial charge < -0.3 is 5.32 Å². The van der Waals surface area contributed by atoms with Gasteiger partial charge in [0, 0.05) is 17.5 Å². The van der Waals surface area contributed by atoms with Crippen molar-refractivity contribution in [1.29, 1.82) is 0 Å². The van der Waals surface area contributed by atoms with Gasteiger partial charge >= 0.3 is 0 Å². The van der Waals surface area contributed by atoms with Gasteiger partial charge in [0.15, 0.2) is 0 Å². The molecule has 0 aliphatic rings. The third kappa shape index (κ3) is 2.48. The molecule has 0 fully saturated rings. The lowest BCUT2D eigenvalue weighted by Crippen LogP contribution is -1.98. The van der Waals surface area contributed by atoms with Crippen molar-refractivity contribution in [3.63, 3.8) is 0 Å². The quantitative estimate of drug-likeness (QED) is 0.588. The average molecular weight is 284 g/mol. The SMILES string of the molecule is O=[N+]([O-])c1ccc2ncnc(Nc3ccccc3F)c2c1. The summed E-state index contributed by atoms with van der Waals surface area (Å²) in [6, 6.07) is 10.4. The van der Waals surface area contributed by atoms with E-state index < -0.39 is 10.7 Å². The molecule has 104 valence electrons. The van der Waals surface area contributed by atoms with Crippen molar-refractivity contribution in [3.8, 4) is 0 Å². The molecule has 0 aliphatic carbocycles. The molecular formula is C14H9FN4O2. The van der Waals surface area contributed by atoms with Crippen LogP contribution in [0, 0.1) is 15.9 Å². The summed E-state index contributed by atoms with van der Waals surface area (Å²) in [5.41, 5.74) is 0.701. The topological polar surface area (TPSA) is 81.0 Å². The summed E-state index contributed by atoms with van der Waals surface area (Å²) in [7, 11) is 0. The number of hydrogen-bond donors (Lipinski definition) is 1. The second kappa shape index (κ2) is 5.12. The summed E-state index contributed by atoms with van der Waals surface area (Å²) in [4.78, 5) is 18.4. The number of nitrogens with one attached hydrogen (secondary N) is 1. The van der Waals surface area contributed by atoms with Crippen LogP contribution >= 0.6 is 0 Å². The number of nitro benzene ring substituents is 1. The van der Waals surface area contributed by atoms with Gasteiger partial charge in [-0.25, -0.2) is 14.4 Å². The Morgan fingerprint density at radius 1 is 1.14 bits per heavy atom. The van der Waals surface area contributed by atoms with E-state index in [9.17, 15) is 14.5 Å². The lowest BCUT2D eigenvalue weighted by atomic mass is 10.2. The minimum Gasteiger partial charge on any atom is -0.337 e. The number of hydrogen-bond acceptors (Lipinski definition) is 5. The molecule has 21 heavy (non-hydrogen) atoms. The van der Waals surface area contributed by atoms with Crippen LogP contribution in [-0.2, 0) is 0 Å². The monoisotopic (exact) mass is 284 g/mol. The number of nitro groups is 1. The van der Waals surface area contributed by atoms with E-state index in [1.165, 1.54) is 30.6 Å². The zero-order valence-electron chi connectivity index (χ0n) is 10.7. The summed E-state index contributed by atoms with van der Waals surface area (Å²) < 4.78 is 13.7. The van der Waals surface area contributed by atoms with Gasteiger partial charge in [-0.05, 0) is 18.2 Å². The Bertz CT molecular complexity index is 838. The molecule has 0 unspecified atom stereocenters. The fourth-order valence-corrected chi connectivity index (χ4v) is 1.95. The maximum Gasteiger partial charge on any atom is 0.270 e. The van der Waals surface area contributed by atoms with Crippen molar-refractivity contribution >= 4 is 28.1 Å². The minimum absolute atomic E-state index is 0.0751. The number of fused-ring (bicyclic) bond motifs is 1. The molecular weight excluding hydrogens is 275 g/mol. The van der Waals surface area contributed by atoms with Crippen molar-refractivity contribution < 1.29 is 9.31 Å². The highest BCUT2D eigenvalue weighted by Crippen LogP contribution is 2.27. The second-order valence-electron chi connectivity index (χ2n) is 4.29. The first kappa shape index (κ1) is 12.9. The molecule has 7 heteroatoms. The molecule has 0 bridgehead atoms. The molecule has 0 saturated heterocycles. The summed E-state index contributed by atoms with van der Waals surface area (Å²) in [5, 5.41) is 14.1. The molecule has 0 saturated carbocycles. The molecule has 1 aromatic heterocycles. The van der Waals surface area contributed by atoms with Crippen molar-refractivity contribution in [2.45, 2.75) is 0 Å². The summed E-state index contributed by atoms with van der Waals surface area (Å²) in [5.74, 6) is -0.122. The fourth-order valence-electron chi connectivity index (χ4n) is 1.95. The predicted octanol–water partition coefficient (Wildman–Crippen LogP) is 3.42. The zero-order chi connectivity index (χ0) is 14.8. The third-order valence-corrected chi connectivity index (χ3v) is 2.96. The summed E-state index contributed by atoms with van der Waals surface area (Å²) >= 11 is 0. The Hall–Kier alpha value is -3.09. The van der Waals surface area contributed by atoms with Gasteiger partial charge in [-0.2, -0.15) is 0 Å². The van der Waals surface area contributed by atoms with Crippen LogP contribution in [0.2, 0.25) is 0 Å². The lowest BCUT2D eigenvalue weighted by molar-refractivity contribution is -0.384. The third-order valence-electron chi connectivity index (χ3n) is 2.96. The van der Waals surface area contributed by atoms with Crippen LogP contribution in [0.1, 0.15) is 0 Å². The highest BCUT2D eigenvalue weighted by atomic mass is 19.1. The van der Waals surface area contributed by atoms with E-state index in [0.717, 1.165) is 0 Å². The minimum atomic E-state index is -0.501. The van der Waals surface area contributed by atoms with E-state index in [4.69, 9.17) is 0 Å². The molecule has 0 amide bonds. The Morgan fingerprint density at radius 3 is 2.71 bits per heavy atom. The van der Waals surface area contributed by atoms with Gasteiger partial charge in [0.05, 0.1) is 16.1 Å². The number of anilines is 2. The van der Waals surface area contributed by atoms with Crippen LogP contribution in [0.15, 0.2) is 48.8 Å². The first-order chi connectivity index (χ1) is 10.1. The summed E-state index contributed by atoms with van der Waals surface area (Å²) in [6.45, 7) is 0. The normalized spacial score (nSPS) is 10.5. The van der Waals surface area contributed by atoms with Crippen LogP contribution < -0.4 is 5.32 Å². The van der Waals surface area contributed by atoms with Gasteiger partial charge in [-0.1, -0.05) is 12.1 Å². The van der Waals surface area contributed by atoms with E-state index in [0.29, 0.717) is 16.7 Å². The van der Waals surface area contributed by atoms with Gasteiger partial charge in [0.25, 0.3) is 5.69 Å². The molecule has 0 aliphatic heterocycles. The maximum absolute atomic E-state index is 13.7. The Balaban J connectivity index is 2.11. The van der Waals surface area contributed by atoms with Crippen molar-refractivity contribution in [2.75, 3.05) is 5.32 Å². The van der Waals surface area contributed by atoms with E-state index in [-0.39, 0.29) is 11.4 Å². The van der Waals surface area contributed by atoms with E-state index >= 15 is 0 Å². The standard InChI is InChI=1S/C14H9FN4O2/c15-11-3-1-2-4-13(11)18-14-10-7-9(19(20)21)5-6-12(10)16-8-17-14/h1-8H,(H,16,17,18). The first-order valence-electron chi connectivity index (χ1n) is 6.06. The lowest BCUT2D eigenvalue weighted by Gasteiger charge is -2.08. The van der Waals surface area contributed by atoms with Crippen LogP contribution in [0.5, 0.6) is 0 Å². The van der Waals surface area contributed by atoms with Crippen molar-refractivity contribution in [3.05, 3.63) is 64.7 Å². The highest BCUT2D eigenvalue weighted by molar-refractivity contribution is 5.92. The number of benzene rings is 2. The Morgan fingerprint density at radius 2 is 1.95 bits per heavy atom. The number of halogens is 1. The number of rotatable bonds is 3. The molecule has 1 heterocycles. The molecule has 6 nitrogen and oxygen atoms in total. The molecule has 2 aromatic carbocycles. The Labute approximate surface area is 118 Å². The first-order valence-corrected chi connectivity index (χ1v) is 6.06. The number of aromatic nitrogens is 2. The van der Waals surface area contributed by atoms with Gasteiger partial charge in [0.1, 0.15) is 18.0 Å². The van der Waals surface area contributed by atoms with Crippen LogP contribution in [0.4, 0.5) is 21.6 Å². The van der Waals surface area contributed by atoms with Crippen LogP contribution in [0.25, 0.3) is 10.9 Å². The highest BCUT2D eigenvalue weighted by Gasteiger charge is 2.11. The van der Waals surface area contributed by atoms with Gasteiger partial charge in [0.2, 0.25) is 0 Å². The second-order valence-corrected chi connectivity index (χ2v) is 4.29. The summed E-state index contributed by atoms with van der Waals surface area (Å²) in [6.07, 6.45) is 1.32. The number of non-ortho nitro benzene ring substituents is 1. The molecule has 3 aromatic rings. The molecule has 0 spiro atoms. The number of nitrogens with zero attached hydrogens (tertiary/aromatic N) is 3. The zero-order valence-corrected chi connectivity index (χ0v) is 10.7. The molecule has 3 rings (SSSR count). The fraction of sp³-hybridized carbons (Fsp3) is 0. The smallest absolute Gasteiger partial charge is 0.270 e. The largest absolute Gasteiger partial charge is 0.337 e. The van der Waals surface area contributed by atoms with Crippen molar-refractivity contribution in [1.82, 2.24) is 9.97 Å². The van der Waals surface area contributed by atoms with Gasteiger partial charge in [-0.3, -0.25) is 10.1 Å². The van der Waals surface area contributed by atoms with E-state index in [1.54, 1.807) is 18.2 Å². The maximum atomic E-state index is 13.7. The Kier molecular flexibility index (Phi) is 3.15. The predicted molar refractivity (Wildman–Crippen MR) is 75.9 cm³/mol. The van der Waals surface area contributed by atoms with Crippen molar-refractivity contribution in [2.24, 2.45) is 0 Å². The molecule has 1 N–H and O–H groups in total.